The summed E-state index contributed by atoms with van der Waals surface area (Å²) < 4.78 is 7.92. The highest BCUT2D eigenvalue weighted by Gasteiger charge is 2.57. The molecule has 3 fully saturated rings. The van der Waals surface area contributed by atoms with Gasteiger partial charge in [-0.15, -0.1) is 0 Å². The molecule has 0 atom stereocenters. The predicted molar refractivity (Wildman–Crippen MR) is 132 cm³/mol. The van der Waals surface area contributed by atoms with Crippen molar-refractivity contribution in [1.82, 2.24) is 30.0 Å². The maximum Gasteiger partial charge on any atom is 0.318 e. The molecule has 4 aliphatic rings. The number of fused-ring (bicyclic) bond motifs is 1. The Labute approximate surface area is 212 Å². The van der Waals surface area contributed by atoms with E-state index in [2.05, 4.69) is 20.4 Å². The van der Waals surface area contributed by atoms with E-state index in [0.717, 1.165) is 36.3 Å². The molecule has 3 N–H and O–H groups in total. The lowest BCUT2D eigenvalue weighted by Crippen LogP contribution is -2.69. The summed E-state index contributed by atoms with van der Waals surface area (Å²) in [5.41, 5.74) is 9.81. The van der Waals surface area contributed by atoms with Crippen LogP contribution < -0.4 is 15.8 Å². The molecule has 2 bridgehead atoms. The van der Waals surface area contributed by atoms with E-state index in [1.165, 1.54) is 0 Å². The number of anilines is 1. The molecule has 0 saturated heterocycles. The third-order valence-corrected chi connectivity index (χ3v) is 7.61. The van der Waals surface area contributed by atoms with Crippen LogP contribution in [0.1, 0.15) is 36.1 Å². The number of nitrogens with two attached hydrogens (primary N) is 1. The molecule has 2 amide bonds. The standard InChI is InChI=1S/C24H25Cl2N7O2/c1-13-9-28-33(10-13)2-3-35-19-5-15(25)4-17(26)20(19)21-16-11-32(12-18(16)29-22(27)30-21)23(34)31-24-6-14(7-24)8-24/h4-5,9-10,14H,2-3,6-8,11-12H2,1H3,(H,31,34)(H2,27,29,30). The number of nitrogen functional groups attached to an aromatic ring is 1. The maximum atomic E-state index is 13.0. The van der Waals surface area contributed by atoms with Crippen molar-refractivity contribution in [2.75, 3.05) is 12.3 Å². The normalized spacial score (nSPS) is 21.8. The molecule has 9 nitrogen and oxygen atoms in total. The van der Waals surface area contributed by atoms with Gasteiger partial charge in [-0.3, -0.25) is 4.68 Å². The molecule has 35 heavy (non-hydrogen) atoms. The van der Waals surface area contributed by atoms with Gasteiger partial charge in [-0.05, 0) is 49.8 Å². The molecule has 3 aliphatic carbocycles. The van der Waals surface area contributed by atoms with E-state index in [0.29, 0.717) is 59.0 Å². The second-order valence-electron chi connectivity index (χ2n) is 9.79. The van der Waals surface area contributed by atoms with Gasteiger partial charge in [0.15, 0.2) is 0 Å². The van der Waals surface area contributed by atoms with Gasteiger partial charge >= 0.3 is 6.03 Å². The Morgan fingerprint density at radius 1 is 1.26 bits per heavy atom. The smallest absolute Gasteiger partial charge is 0.318 e. The van der Waals surface area contributed by atoms with Crippen LogP contribution in [0.25, 0.3) is 11.3 Å². The monoisotopic (exact) mass is 513 g/mol. The average Bonchev–Trinajstić information content (AvgIpc) is 3.35. The third kappa shape index (κ3) is 4.06. The van der Waals surface area contributed by atoms with Crippen molar-refractivity contribution in [1.29, 1.82) is 0 Å². The minimum absolute atomic E-state index is 0.00231. The fraction of sp³-hybridized carbons (Fsp3) is 0.417. The first kappa shape index (κ1) is 22.4. The molecule has 0 radical (unpaired) electrons. The first-order chi connectivity index (χ1) is 16.8. The molecule has 0 unspecified atom stereocenters. The summed E-state index contributed by atoms with van der Waals surface area (Å²) in [6, 6.07) is 3.28. The number of hydrogen-bond acceptors (Lipinski definition) is 6. The number of amides is 2. The molecule has 1 aliphatic heterocycles. The summed E-state index contributed by atoms with van der Waals surface area (Å²) in [4.78, 5) is 23.7. The number of benzene rings is 1. The van der Waals surface area contributed by atoms with E-state index in [9.17, 15) is 4.79 Å². The fourth-order valence-electron chi connectivity index (χ4n) is 5.29. The highest BCUT2D eigenvalue weighted by Crippen LogP contribution is 2.57. The van der Waals surface area contributed by atoms with Gasteiger partial charge in [0.1, 0.15) is 12.4 Å². The molecule has 7 rings (SSSR count). The molecule has 0 spiro atoms. The predicted octanol–water partition coefficient (Wildman–Crippen LogP) is 4.19. The number of nitrogens with one attached hydrogen (secondary N) is 1. The van der Waals surface area contributed by atoms with Crippen LogP contribution in [-0.2, 0) is 19.6 Å². The zero-order chi connectivity index (χ0) is 24.3. The van der Waals surface area contributed by atoms with Gasteiger partial charge in [-0.25, -0.2) is 14.8 Å². The molecule has 3 heterocycles. The minimum Gasteiger partial charge on any atom is -0.491 e. The van der Waals surface area contributed by atoms with Crippen LogP contribution in [0.4, 0.5) is 10.7 Å². The maximum absolute atomic E-state index is 13.0. The van der Waals surface area contributed by atoms with Crippen LogP contribution in [0.2, 0.25) is 10.0 Å². The zero-order valence-corrected chi connectivity index (χ0v) is 20.7. The Kier molecular flexibility index (Phi) is 5.30. The van der Waals surface area contributed by atoms with Crippen LogP contribution in [-0.4, -0.2) is 42.8 Å². The van der Waals surface area contributed by atoms with Crippen LogP contribution >= 0.6 is 23.2 Å². The Morgan fingerprint density at radius 2 is 2.06 bits per heavy atom. The summed E-state index contributed by atoms with van der Waals surface area (Å²) in [5, 5.41) is 8.34. The summed E-state index contributed by atoms with van der Waals surface area (Å²) in [6.07, 6.45) is 6.98. The SMILES string of the molecule is Cc1cnn(CCOc2cc(Cl)cc(Cl)c2-c2nc(N)nc3c2CN(C(=O)NC24CC(C2)C4)C3)c1. The van der Waals surface area contributed by atoms with Crippen molar-refractivity contribution < 1.29 is 9.53 Å². The van der Waals surface area contributed by atoms with E-state index in [-0.39, 0.29) is 17.5 Å². The van der Waals surface area contributed by atoms with E-state index < -0.39 is 0 Å². The van der Waals surface area contributed by atoms with E-state index in [4.69, 9.17) is 33.7 Å². The van der Waals surface area contributed by atoms with Gasteiger partial charge in [0.05, 0.1) is 47.8 Å². The minimum atomic E-state index is -0.0844. The quantitative estimate of drug-likeness (QED) is 0.510. The number of hydrogen-bond donors (Lipinski definition) is 2. The Morgan fingerprint density at radius 3 is 2.74 bits per heavy atom. The molecule has 3 saturated carbocycles. The van der Waals surface area contributed by atoms with Gasteiger partial charge in [-0.2, -0.15) is 5.10 Å². The van der Waals surface area contributed by atoms with E-state index in [1.54, 1.807) is 23.2 Å². The van der Waals surface area contributed by atoms with Gasteiger partial charge in [0, 0.05) is 22.3 Å². The fourth-order valence-corrected chi connectivity index (χ4v) is 5.86. The summed E-state index contributed by atoms with van der Waals surface area (Å²) in [6.45, 7) is 3.61. The van der Waals surface area contributed by atoms with Gasteiger partial charge < -0.3 is 20.7 Å². The molecule has 11 heteroatoms. The Bertz CT molecular complexity index is 1320. The van der Waals surface area contributed by atoms with E-state index >= 15 is 0 Å². The van der Waals surface area contributed by atoms with Crippen molar-refractivity contribution in [2.24, 2.45) is 5.92 Å². The van der Waals surface area contributed by atoms with Crippen molar-refractivity contribution in [3.8, 4) is 17.0 Å². The number of urea groups is 1. The van der Waals surface area contributed by atoms with Crippen molar-refractivity contribution in [3.05, 3.63) is 51.4 Å². The van der Waals surface area contributed by atoms with Gasteiger partial charge in [-0.1, -0.05) is 23.2 Å². The molecular formula is C24H25Cl2N7O2. The topological polar surface area (TPSA) is 111 Å². The van der Waals surface area contributed by atoms with E-state index in [1.807, 2.05) is 17.8 Å². The molecule has 2 aromatic heterocycles. The Balaban J connectivity index is 1.28. The van der Waals surface area contributed by atoms with Crippen molar-refractivity contribution >= 4 is 35.2 Å². The molecule has 3 aromatic rings. The number of halogens is 2. The number of rotatable bonds is 6. The number of nitrogens with zero attached hydrogens (tertiary/aromatic N) is 5. The summed E-state index contributed by atoms with van der Waals surface area (Å²) in [5.74, 6) is 1.39. The summed E-state index contributed by atoms with van der Waals surface area (Å²) in [7, 11) is 0. The molecular weight excluding hydrogens is 489 g/mol. The highest BCUT2D eigenvalue weighted by molar-refractivity contribution is 6.37. The van der Waals surface area contributed by atoms with Crippen LogP contribution in [0, 0.1) is 12.8 Å². The van der Waals surface area contributed by atoms with Crippen LogP contribution in [0.15, 0.2) is 24.5 Å². The number of ether oxygens (including phenoxy) is 1. The number of aryl methyl sites for hydroxylation is 1. The molecule has 182 valence electrons. The largest absolute Gasteiger partial charge is 0.491 e. The average molecular weight is 514 g/mol. The summed E-state index contributed by atoms with van der Waals surface area (Å²) >= 11 is 13.0. The first-order valence-electron chi connectivity index (χ1n) is 11.6. The number of carbonyl (C=O) groups is 1. The van der Waals surface area contributed by atoms with Crippen molar-refractivity contribution in [2.45, 2.75) is 51.4 Å². The second-order valence-corrected chi connectivity index (χ2v) is 10.6. The van der Waals surface area contributed by atoms with Gasteiger partial charge in [0.2, 0.25) is 5.95 Å². The van der Waals surface area contributed by atoms with Crippen molar-refractivity contribution in [3.63, 3.8) is 0 Å². The van der Waals surface area contributed by atoms with Crippen LogP contribution in [0.3, 0.4) is 0 Å². The van der Waals surface area contributed by atoms with Crippen LogP contribution in [0.5, 0.6) is 5.75 Å². The lowest BCUT2D eigenvalue weighted by atomic mass is 9.50. The number of aromatic nitrogens is 4. The zero-order valence-electron chi connectivity index (χ0n) is 19.2. The highest BCUT2D eigenvalue weighted by atomic mass is 35.5. The Hall–Kier alpha value is -3.04. The molecule has 1 aromatic carbocycles. The third-order valence-electron chi connectivity index (χ3n) is 7.09. The lowest BCUT2D eigenvalue weighted by Gasteiger charge is -2.61. The first-order valence-corrected chi connectivity index (χ1v) is 12.4. The number of carbonyl (C=O) groups excluding carboxylic acids is 1. The second kappa shape index (κ2) is 8.27. The van der Waals surface area contributed by atoms with Gasteiger partial charge in [0.25, 0.3) is 0 Å². The lowest BCUT2D eigenvalue weighted by molar-refractivity contribution is -0.0434.